The summed E-state index contributed by atoms with van der Waals surface area (Å²) in [5.74, 6) is 1.57. The third-order valence-corrected chi connectivity index (χ3v) is 5.30. The Labute approximate surface area is 159 Å². The van der Waals surface area contributed by atoms with Crippen LogP contribution in [0.1, 0.15) is 29.6 Å². The summed E-state index contributed by atoms with van der Waals surface area (Å²) >= 11 is 0. The number of anilines is 2. The number of aliphatic hydroxyl groups excluding tert-OH is 1. The second-order valence-corrected chi connectivity index (χ2v) is 7.15. The average Bonchev–Trinajstić information content (AvgIpc) is 3.25. The van der Waals surface area contributed by atoms with Crippen molar-refractivity contribution in [1.29, 1.82) is 0 Å². The zero-order valence-corrected chi connectivity index (χ0v) is 15.3. The smallest absolute Gasteiger partial charge is 0.251 e. The summed E-state index contributed by atoms with van der Waals surface area (Å²) < 4.78 is 0. The van der Waals surface area contributed by atoms with E-state index in [0.717, 1.165) is 31.3 Å². The molecule has 7 heteroatoms. The molecule has 2 fully saturated rings. The van der Waals surface area contributed by atoms with Crippen LogP contribution in [0.2, 0.25) is 0 Å². The highest BCUT2D eigenvalue weighted by Crippen LogP contribution is 2.29. The van der Waals surface area contributed by atoms with Crippen molar-refractivity contribution in [3.8, 4) is 0 Å². The van der Waals surface area contributed by atoms with Gasteiger partial charge in [0.25, 0.3) is 5.91 Å². The van der Waals surface area contributed by atoms with Crippen molar-refractivity contribution in [3.05, 3.63) is 48.3 Å². The van der Waals surface area contributed by atoms with Crippen LogP contribution in [-0.4, -0.2) is 59.3 Å². The lowest BCUT2D eigenvalue weighted by Crippen LogP contribution is -2.54. The number of aromatic nitrogens is 2. The van der Waals surface area contributed by atoms with E-state index in [9.17, 15) is 9.90 Å². The third-order valence-electron chi connectivity index (χ3n) is 5.30. The minimum absolute atomic E-state index is 0.148. The van der Waals surface area contributed by atoms with Gasteiger partial charge in [-0.3, -0.25) is 4.79 Å². The van der Waals surface area contributed by atoms with Gasteiger partial charge in [0.05, 0.1) is 12.1 Å². The molecule has 2 N–H and O–H groups in total. The lowest BCUT2D eigenvalue weighted by molar-refractivity contribution is 0.0797. The number of benzene rings is 1. The van der Waals surface area contributed by atoms with Crippen molar-refractivity contribution < 1.29 is 9.90 Å². The maximum Gasteiger partial charge on any atom is 0.251 e. The number of hydrogen-bond acceptors (Lipinski definition) is 6. The topological polar surface area (TPSA) is 81.6 Å². The Bertz CT molecular complexity index is 779. The SMILES string of the molecule is O=C(N[C@@H]1CCN(c2nccnc2N2CCCC2)C[C@H]1O)c1ccccc1. The van der Waals surface area contributed by atoms with Crippen molar-refractivity contribution >= 4 is 17.5 Å². The van der Waals surface area contributed by atoms with Crippen LogP contribution in [0.25, 0.3) is 0 Å². The van der Waals surface area contributed by atoms with Gasteiger partial charge in [-0.05, 0) is 31.4 Å². The molecule has 0 unspecified atom stereocenters. The predicted octanol–water partition coefficient (Wildman–Crippen LogP) is 1.45. The first-order valence-corrected chi connectivity index (χ1v) is 9.57. The molecule has 2 aliphatic heterocycles. The second-order valence-electron chi connectivity index (χ2n) is 7.15. The first-order chi connectivity index (χ1) is 13.2. The van der Waals surface area contributed by atoms with E-state index in [1.54, 1.807) is 24.5 Å². The van der Waals surface area contributed by atoms with Crippen LogP contribution in [0.15, 0.2) is 42.7 Å². The quantitative estimate of drug-likeness (QED) is 0.851. The number of nitrogens with one attached hydrogen (secondary N) is 1. The normalized spacial score (nSPS) is 22.7. The van der Waals surface area contributed by atoms with Crippen molar-refractivity contribution in [2.75, 3.05) is 36.0 Å². The number of aliphatic hydroxyl groups is 1. The van der Waals surface area contributed by atoms with E-state index in [2.05, 4.69) is 25.1 Å². The van der Waals surface area contributed by atoms with E-state index in [0.29, 0.717) is 18.5 Å². The van der Waals surface area contributed by atoms with Gasteiger partial charge in [0.15, 0.2) is 11.6 Å². The van der Waals surface area contributed by atoms with Crippen LogP contribution in [0.3, 0.4) is 0 Å². The van der Waals surface area contributed by atoms with Gasteiger partial charge >= 0.3 is 0 Å². The number of amides is 1. The first kappa shape index (κ1) is 17.7. The number of rotatable bonds is 4. The molecule has 2 aromatic rings. The second kappa shape index (κ2) is 7.92. The fourth-order valence-electron chi connectivity index (χ4n) is 3.83. The molecule has 0 radical (unpaired) electrons. The molecule has 7 nitrogen and oxygen atoms in total. The van der Waals surface area contributed by atoms with E-state index >= 15 is 0 Å². The average molecular weight is 367 g/mol. The van der Waals surface area contributed by atoms with Gasteiger partial charge in [0.2, 0.25) is 0 Å². The van der Waals surface area contributed by atoms with Crippen LogP contribution in [0.5, 0.6) is 0 Å². The Morgan fingerprint density at radius 2 is 1.67 bits per heavy atom. The van der Waals surface area contributed by atoms with Crippen molar-refractivity contribution in [2.24, 2.45) is 0 Å². The van der Waals surface area contributed by atoms with E-state index in [-0.39, 0.29) is 11.9 Å². The molecular formula is C20H25N5O2. The molecule has 2 saturated heterocycles. The molecule has 1 aromatic heterocycles. The number of nitrogens with zero attached hydrogens (tertiary/aromatic N) is 4. The Balaban J connectivity index is 1.43. The van der Waals surface area contributed by atoms with Crippen LogP contribution in [-0.2, 0) is 0 Å². The predicted molar refractivity (Wildman–Crippen MR) is 104 cm³/mol. The molecular weight excluding hydrogens is 342 g/mol. The monoisotopic (exact) mass is 367 g/mol. The van der Waals surface area contributed by atoms with Crippen LogP contribution < -0.4 is 15.1 Å². The van der Waals surface area contributed by atoms with Crippen LogP contribution >= 0.6 is 0 Å². The van der Waals surface area contributed by atoms with E-state index in [1.165, 1.54) is 12.8 Å². The Kier molecular flexibility index (Phi) is 5.20. The fourth-order valence-corrected chi connectivity index (χ4v) is 3.83. The molecule has 1 aromatic carbocycles. The minimum Gasteiger partial charge on any atom is -0.389 e. The largest absolute Gasteiger partial charge is 0.389 e. The number of carbonyl (C=O) groups excluding carboxylic acids is 1. The Morgan fingerprint density at radius 1 is 1.00 bits per heavy atom. The van der Waals surface area contributed by atoms with Crippen LogP contribution in [0.4, 0.5) is 11.6 Å². The summed E-state index contributed by atoms with van der Waals surface area (Å²) in [4.78, 5) is 25.8. The zero-order chi connectivity index (χ0) is 18.6. The number of carbonyl (C=O) groups is 1. The maximum atomic E-state index is 12.4. The minimum atomic E-state index is -0.653. The molecule has 142 valence electrons. The lowest BCUT2D eigenvalue weighted by atomic mass is 10.0. The molecule has 3 heterocycles. The standard InChI is InChI=1S/C20H25N5O2/c26-17-14-25(19-18(21-9-10-22-19)24-11-4-5-12-24)13-8-16(17)23-20(27)15-6-2-1-3-7-15/h1-3,6-7,9-10,16-17,26H,4-5,8,11-14H2,(H,23,27)/t16-,17-/m1/s1. The van der Waals surface area contributed by atoms with Gasteiger partial charge in [-0.1, -0.05) is 18.2 Å². The first-order valence-electron chi connectivity index (χ1n) is 9.57. The summed E-state index contributed by atoms with van der Waals surface area (Å²) in [7, 11) is 0. The van der Waals surface area contributed by atoms with Gasteiger partial charge in [0.1, 0.15) is 0 Å². The molecule has 0 saturated carbocycles. The number of β-amino-alcohol motifs (C(OH)–C–C–N with tert-alkyl or cyclic N) is 1. The summed E-state index contributed by atoms with van der Waals surface area (Å²) in [5.41, 5.74) is 0.609. The van der Waals surface area contributed by atoms with Crippen molar-refractivity contribution in [1.82, 2.24) is 15.3 Å². The van der Waals surface area contributed by atoms with Crippen molar-refractivity contribution in [2.45, 2.75) is 31.4 Å². The summed E-state index contributed by atoms with van der Waals surface area (Å²) in [5, 5.41) is 13.6. The zero-order valence-electron chi connectivity index (χ0n) is 15.3. The summed E-state index contributed by atoms with van der Waals surface area (Å²) in [6.07, 6.45) is 5.78. The molecule has 27 heavy (non-hydrogen) atoms. The number of hydrogen-bond donors (Lipinski definition) is 2. The summed E-state index contributed by atoms with van der Waals surface area (Å²) in [6.45, 7) is 3.14. The highest BCUT2D eigenvalue weighted by molar-refractivity contribution is 5.94. The molecule has 1 amide bonds. The Hall–Kier alpha value is -2.67. The van der Waals surface area contributed by atoms with Gasteiger partial charge in [-0.25, -0.2) is 9.97 Å². The molecule has 0 aliphatic carbocycles. The molecule has 4 rings (SSSR count). The highest BCUT2D eigenvalue weighted by Gasteiger charge is 2.32. The Morgan fingerprint density at radius 3 is 2.33 bits per heavy atom. The molecule has 0 spiro atoms. The van der Waals surface area contributed by atoms with E-state index in [1.807, 2.05) is 18.2 Å². The lowest BCUT2D eigenvalue weighted by Gasteiger charge is -2.38. The summed E-state index contributed by atoms with van der Waals surface area (Å²) in [6, 6.07) is 8.84. The van der Waals surface area contributed by atoms with E-state index < -0.39 is 6.10 Å². The van der Waals surface area contributed by atoms with Crippen LogP contribution in [0, 0.1) is 0 Å². The fraction of sp³-hybridized carbons (Fsp3) is 0.450. The van der Waals surface area contributed by atoms with Gasteiger partial charge in [-0.2, -0.15) is 0 Å². The molecule has 0 bridgehead atoms. The number of piperidine rings is 1. The molecule has 2 atom stereocenters. The maximum absolute atomic E-state index is 12.4. The van der Waals surface area contributed by atoms with Gasteiger partial charge in [0, 0.05) is 44.1 Å². The molecule has 2 aliphatic rings. The van der Waals surface area contributed by atoms with Crippen molar-refractivity contribution in [3.63, 3.8) is 0 Å². The third kappa shape index (κ3) is 3.88. The van der Waals surface area contributed by atoms with Gasteiger partial charge in [-0.15, -0.1) is 0 Å². The highest BCUT2D eigenvalue weighted by atomic mass is 16.3. The van der Waals surface area contributed by atoms with Gasteiger partial charge < -0.3 is 20.2 Å². The van der Waals surface area contributed by atoms with E-state index in [4.69, 9.17) is 0 Å².